The summed E-state index contributed by atoms with van der Waals surface area (Å²) in [6.07, 6.45) is 4.30. The minimum absolute atomic E-state index is 0.124. The molecule has 2 aromatic rings. The van der Waals surface area contributed by atoms with Crippen LogP contribution in [0.15, 0.2) is 42.7 Å². The molecule has 0 saturated heterocycles. The van der Waals surface area contributed by atoms with Crippen LogP contribution in [0.3, 0.4) is 0 Å². The maximum Gasteiger partial charge on any atom is 0.319 e. The minimum Gasteiger partial charge on any atom is -0.492 e. The number of hydrogen-bond donors (Lipinski definition) is 2. The molecule has 122 valence electrons. The van der Waals surface area contributed by atoms with Crippen molar-refractivity contribution in [1.82, 2.24) is 10.3 Å². The first-order valence-electron chi connectivity index (χ1n) is 7.50. The van der Waals surface area contributed by atoms with Crippen LogP contribution in [-0.4, -0.2) is 17.6 Å². The minimum atomic E-state index is -0.299. The van der Waals surface area contributed by atoms with Gasteiger partial charge in [0, 0.05) is 18.1 Å². The molecule has 2 N–H and O–H groups in total. The zero-order chi connectivity index (χ0) is 16.7. The Morgan fingerprint density at radius 2 is 2.04 bits per heavy atom. The molecular formula is C17H20ClN3O2. The summed E-state index contributed by atoms with van der Waals surface area (Å²) in [5.41, 5.74) is 1.59. The van der Waals surface area contributed by atoms with Crippen molar-refractivity contribution in [2.45, 2.75) is 26.3 Å². The number of benzene rings is 1. The molecule has 0 radical (unpaired) electrons. The third-order valence-corrected chi connectivity index (χ3v) is 3.50. The molecule has 5 nitrogen and oxygen atoms in total. The Morgan fingerprint density at radius 3 is 2.70 bits per heavy atom. The van der Waals surface area contributed by atoms with Crippen molar-refractivity contribution in [2.75, 3.05) is 11.9 Å². The van der Waals surface area contributed by atoms with Gasteiger partial charge in [-0.2, -0.15) is 0 Å². The molecule has 1 aromatic carbocycles. The molecule has 0 fully saturated rings. The molecule has 2 amide bonds. The van der Waals surface area contributed by atoms with E-state index in [2.05, 4.69) is 15.6 Å². The van der Waals surface area contributed by atoms with Crippen molar-refractivity contribution in [2.24, 2.45) is 0 Å². The van der Waals surface area contributed by atoms with Gasteiger partial charge in [-0.3, -0.25) is 4.98 Å². The lowest BCUT2D eigenvalue weighted by Gasteiger charge is -2.15. The van der Waals surface area contributed by atoms with E-state index in [1.807, 2.05) is 26.0 Å². The largest absolute Gasteiger partial charge is 0.492 e. The van der Waals surface area contributed by atoms with E-state index in [-0.39, 0.29) is 12.1 Å². The Bertz CT molecular complexity index is 650. The number of urea groups is 1. The van der Waals surface area contributed by atoms with Crippen molar-refractivity contribution in [3.63, 3.8) is 0 Å². The van der Waals surface area contributed by atoms with Crippen molar-refractivity contribution < 1.29 is 9.53 Å². The second-order valence-corrected chi connectivity index (χ2v) is 5.50. The lowest BCUT2D eigenvalue weighted by Crippen LogP contribution is -2.31. The molecule has 1 atom stereocenters. The van der Waals surface area contributed by atoms with Crippen molar-refractivity contribution in [3.05, 3.63) is 53.3 Å². The van der Waals surface area contributed by atoms with Gasteiger partial charge in [0.1, 0.15) is 5.75 Å². The summed E-state index contributed by atoms with van der Waals surface area (Å²) in [4.78, 5) is 16.0. The summed E-state index contributed by atoms with van der Waals surface area (Å²) in [5.74, 6) is 0.615. The molecule has 23 heavy (non-hydrogen) atoms. The predicted molar refractivity (Wildman–Crippen MR) is 92.0 cm³/mol. The summed E-state index contributed by atoms with van der Waals surface area (Å²) in [6, 6.07) is 8.48. The first-order valence-corrected chi connectivity index (χ1v) is 7.87. The van der Waals surface area contributed by atoms with Gasteiger partial charge < -0.3 is 15.4 Å². The molecule has 0 bridgehead atoms. The van der Waals surface area contributed by atoms with Crippen LogP contribution in [0, 0.1) is 0 Å². The average molecular weight is 334 g/mol. The Labute approximate surface area is 141 Å². The van der Waals surface area contributed by atoms with E-state index in [9.17, 15) is 4.79 Å². The topological polar surface area (TPSA) is 63.2 Å². The van der Waals surface area contributed by atoms with Crippen LogP contribution in [0.25, 0.3) is 0 Å². The van der Waals surface area contributed by atoms with E-state index in [1.165, 1.54) is 0 Å². The number of amides is 2. The number of hydrogen-bond acceptors (Lipinski definition) is 3. The van der Waals surface area contributed by atoms with E-state index in [0.29, 0.717) is 23.1 Å². The average Bonchev–Trinajstić information content (AvgIpc) is 2.55. The molecule has 0 saturated carbocycles. The number of pyridine rings is 1. The van der Waals surface area contributed by atoms with Gasteiger partial charge in [0.15, 0.2) is 0 Å². The predicted octanol–water partition coefficient (Wildman–Crippen LogP) is 4.41. The lowest BCUT2D eigenvalue weighted by atomic mass is 10.1. The molecule has 1 unspecified atom stereocenters. The van der Waals surface area contributed by atoms with Gasteiger partial charge in [0.25, 0.3) is 0 Å². The van der Waals surface area contributed by atoms with E-state index in [0.717, 1.165) is 12.0 Å². The zero-order valence-electron chi connectivity index (χ0n) is 13.2. The molecule has 2 rings (SSSR count). The Hall–Kier alpha value is -2.27. The highest BCUT2D eigenvalue weighted by Crippen LogP contribution is 2.27. The van der Waals surface area contributed by atoms with E-state index in [4.69, 9.17) is 16.3 Å². The number of rotatable bonds is 6. The number of carbonyl (C=O) groups is 1. The molecule has 6 heteroatoms. The van der Waals surface area contributed by atoms with Crippen LogP contribution in [0.1, 0.15) is 31.9 Å². The van der Waals surface area contributed by atoms with Crippen LogP contribution >= 0.6 is 11.6 Å². The summed E-state index contributed by atoms with van der Waals surface area (Å²) in [6.45, 7) is 4.54. The van der Waals surface area contributed by atoms with E-state index >= 15 is 0 Å². The second-order valence-electron chi connectivity index (χ2n) is 5.09. The van der Waals surface area contributed by atoms with Gasteiger partial charge in [0.05, 0.1) is 17.7 Å². The van der Waals surface area contributed by atoms with Crippen LogP contribution in [-0.2, 0) is 0 Å². The smallest absolute Gasteiger partial charge is 0.319 e. The van der Waals surface area contributed by atoms with Crippen molar-refractivity contribution in [1.29, 1.82) is 0 Å². The number of nitrogens with one attached hydrogen (secondary N) is 2. The molecule has 0 spiro atoms. The number of nitrogens with zero attached hydrogens (tertiary/aromatic N) is 1. The fourth-order valence-corrected chi connectivity index (χ4v) is 2.24. The van der Waals surface area contributed by atoms with Crippen molar-refractivity contribution >= 4 is 23.3 Å². The zero-order valence-corrected chi connectivity index (χ0v) is 13.9. The molecule has 0 aliphatic carbocycles. The van der Waals surface area contributed by atoms with E-state index < -0.39 is 0 Å². The van der Waals surface area contributed by atoms with Crippen LogP contribution in [0.2, 0.25) is 5.02 Å². The highest BCUT2D eigenvalue weighted by atomic mass is 35.5. The third kappa shape index (κ3) is 5.14. The summed E-state index contributed by atoms with van der Waals surface area (Å²) in [7, 11) is 0. The van der Waals surface area contributed by atoms with Gasteiger partial charge in [-0.15, -0.1) is 0 Å². The third-order valence-electron chi connectivity index (χ3n) is 3.21. The van der Waals surface area contributed by atoms with Crippen LogP contribution in [0.5, 0.6) is 5.75 Å². The monoisotopic (exact) mass is 333 g/mol. The van der Waals surface area contributed by atoms with Gasteiger partial charge in [-0.25, -0.2) is 4.79 Å². The standard InChI is InChI=1S/C17H20ClN3O2/c1-3-10-23-16-5-4-14(11-15(16)18)21-17(22)20-12(2)13-6-8-19-9-7-13/h4-9,11-12H,3,10H2,1-2H3,(H2,20,21,22). The Morgan fingerprint density at radius 1 is 1.30 bits per heavy atom. The van der Waals surface area contributed by atoms with Crippen LogP contribution in [0.4, 0.5) is 10.5 Å². The highest BCUT2D eigenvalue weighted by Gasteiger charge is 2.10. The molecule has 0 aliphatic heterocycles. The molecule has 1 aromatic heterocycles. The van der Waals surface area contributed by atoms with Crippen LogP contribution < -0.4 is 15.4 Å². The summed E-state index contributed by atoms with van der Waals surface area (Å²) < 4.78 is 5.50. The first kappa shape index (κ1) is 17.1. The quantitative estimate of drug-likeness (QED) is 0.823. The number of ether oxygens (including phenoxy) is 1. The van der Waals surface area contributed by atoms with Gasteiger partial charge in [-0.1, -0.05) is 18.5 Å². The van der Waals surface area contributed by atoms with Gasteiger partial charge >= 0.3 is 6.03 Å². The van der Waals surface area contributed by atoms with Crippen molar-refractivity contribution in [3.8, 4) is 5.75 Å². The molecule has 0 aliphatic rings. The van der Waals surface area contributed by atoms with Gasteiger partial charge in [0.2, 0.25) is 0 Å². The molecule has 1 heterocycles. The summed E-state index contributed by atoms with van der Waals surface area (Å²) >= 11 is 6.15. The fraction of sp³-hybridized carbons (Fsp3) is 0.294. The number of aromatic nitrogens is 1. The fourth-order valence-electron chi connectivity index (χ4n) is 2.01. The Kier molecular flexibility index (Phi) is 6.23. The number of halogens is 1. The Balaban J connectivity index is 1.93. The van der Waals surface area contributed by atoms with Gasteiger partial charge in [-0.05, 0) is 49.2 Å². The lowest BCUT2D eigenvalue weighted by molar-refractivity contribution is 0.249. The highest BCUT2D eigenvalue weighted by molar-refractivity contribution is 6.32. The molecular weight excluding hydrogens is 314 g/mol. The first-order chi connectivity index (χ1) is 11.1. The normalized spacial score (nSPS) is 11.6. The maximum atomic E-state index is 12.1. The van der Waals surface area contributed by atoms with E-state index in [1.54, 1.807) is 30.6 Å². The second kappa shape index (κ2) is 8.39. The SMILES string of the molecule is CCCOc1ccc(NC(=O)NC(C)c2ccncc2)cc1Cl. The maximum absolute atomic E-state index is 12.1. The number of anilines is 1. The summed E-state index contributed by atoms with van der Waals surface area (Å²) in [5, 5.41) is 6.09. The number of carbonyl (C=O) groups excluding carboxylic acids is 1.